The molecule has 0 aliphatic carbocycles. The maximum atomic E-state index is 13.3. The number of hydrogen-bond donors (Lipinski definition) is 1. The molecule has 39 heavy (non-hydrogen) atoms. The van der Waals surface area contributed by atoms with E-state index in [4.69, 9.17) is 11.6 Å². The first-order chi connectivity index (χ1) is 18.8. The number of carbonyl (C=O) groups excluding carboxylic acids is 2. The molecule has 1 heterocycles. The summed E-state index contributed by atoms with van der Waals surface area (Å²) in [4.78, 5) is 45.6. The molecule has 0 bridgehead atoms. The van der Waals surface area contributed by atoms with Crippen molar-refractivity contribution in [3.8, 4) is 0 Å². The highest BCUT2D eigenvalue weighted by Crippen LogP contribution is 2.35. The van der Waals surface area contributed by atoms with Crippen LogP contribution in [0, 0.1) is 5.92 Å². The molecule has 0 fully saturated rings. The summed E-state index contributed by atoms with van der Waals surface area (Å²) in [7, 11) is 1.75. The van der Waals surface area contributed by atoms with Gasteiger partial charge in [-0.1, -0.05) is 84.4 Å². The van der Waals surface area contributed by atoms with Crippen molar-refractivity contribution in [3.05, 3.63) is 107 Å². The Kier molecular flexibility index (Phi) is 9.15. The van der Waals surface area contributed by atoms with Gasteiger partial charge >= 0.3 is 12.0 Å². The normalized spacial score (nSPS) is 17.2. The Bertz CT molecular complexity index is 1310. The molecule has 3 aromatic rings. The van der Waals surface area contributed by atoms with E-state index in [2.05, 4.69) is 4.99 Å². The van der Waals surface area contributed by atoms with Crippen LogP contribution in [-0.4, -0.2) is 58.7 Å². The van der Waals surface area contributed by atoms with Crippen molar-refractivity contribution < 1.29 is 19.5 Å². The number of nitrogens with zero attached hydrogens (tertiary/aromatic N) is 3. The number of aliphatic imine (C=N–C) groups is 1. The molecule has 0 radical (unpaired) electrons. The van der Waals surface area contributed by atoms with Gasteiger partial charge in [0.05, 0.1) is 6.04 Å². The second-order valence-corrected chi connectivity index (χ2v) is 10.2. The Morgan fingerprint density at radius 1 is 1.00 bits per heavy atom. The van der Waals surface area contributed by atoms with Gasteiger partial charge in [0.15, 0.2) is 0 Å². The van der Waals surface area contributed by atoms with E-state index in [0.717, 1.165) is 11.1 Å². The number of amides is 3. The third-order valence-corrected chi connectivity index (χ3v) is 7.41. The van der Waals surface area contributed by atoms with E-state index < -0.39 is 24.0 Å². The summed E-state index contributed by atoms with van der Waals surface area (Å²) < 4.78 is 0. The van der Waals surface area contributed by atoms with E-state index in [1.807, 2.05) is 60.7 Å². The minimum Gasteiger partial charge on any atom is -0.481 e. The number of halogens is 1. The second kappa shape index (κ2) is 12.7. The second-order valence-electron chi connectivity index (χ2n) is 9.79. The van der Waals surface area contributed by atoms with Crippen LogP contribution in [0.3, 0.4) is 0 Å². The van der Waals surface area contributed by atoms with Crippen molar-refractivity contribution in [3.63, 3.8) is 0 Å². The van der Waals surface area contributed by atoms with Gasteiger partial charge in [0, 0.05) is 43.2 Å². The standard InChI is InChI=1S/C31H32ClN3O4/c1-21-28(30(37)38)29(24-15-9-16-25(32)19-24)35(31(39)33-21)18-10-17-34(2)27(36)20-26(22-11-5-3-6-12-22)23-13-7-4-8-14-23/h3-9,11-16,19,26,28-29H,10,17-18,20H2,1-2H3,(H,37,38). The van der Waals surface area contributed by atoms with Crippen molar-refractivity contribution in [1.82, 2.24) is 9.80 Å². The van der Waals surface area contributed by atoms with Gasteiger partial charge in [0.25, 0.3) is 0 Å². The lowest BCUT2D eigenvalue weighted by Crippen LogP contribution is -2.47. The number of hydrogen-bond acceptors (Lipinski definition) is 3. The van der Waals surface area contributed by atoms with Crippen molar-refractivity contribution >= 4 is 35.2 Å². The number of urea groups is 1. The highest BCUT2D eigenvalue weighted by molar-refractivity contribution is 6.30. The van der Waals surface area contributed by atoms with E-state index in [-0.39, 0.29) is 24.1 Å². The van der Waals surface area contributed by atoms with Crippen LogP contribution in [0.15, 0.2) is 89.9 Å². The van der Waals surface area contributed by atoms with Gasteiger partial charge in [-0.15, -0.1) is 0 Å². The summed E-state index contributed by atoms with van der Waals surface area (Å²) in [6, 6.07) is 25.6. The first-order valence-electron chi connectivity index (χ1n) is 12.9. The molecule has 0 aromatic heterocycles. The maximum Gasteiger partial charge on any atom is 0.344 e. The molecule has 3 amide bonds. The van der Waals surface area contributed by atoms with E-state index in [1.54, 1.807) is 43.1 Å². The molecule has 0 saturated carbocycles. The zero-order chi connectivity index (χ0) is 27.9. The summed E-state index contributed by atoms with van der Waals surface area (Å²) in [6.07, 6.45) is 0.774. The highest BCUT2D eigenvalue weighted by Gasteiger charge is 2.42. The van der Waals surface area contributed by atoms with Gasteiger partial charge in [0.2, 0.25) is 5.91 Å². The van der Waals surface area contributed by atoms with Crippen LogP contribution in [-0.2, 0) is 9.59 Å². The summed E-state index contributed by atoms with van der Waals surface area (Å²) in [5.74, 6) is -2.13. The molecule has 7 nitrogen and oxygen atoms in total. The topological polar surface area (TPSA) is 90.3 Å². The van der Waals surface area contributed by atoms with Gasteiger partial charge < -0.3 is 14.9 Å². The zero-order valence-electron chi connectivity index (χ0n) is 22.0. The van der Waals surface area contributed by atoms with Crippen LogP contribution >= 0.6 is 11.6 Å². The van der Waals surface area contributed by atoms with Crippen molar-refractivity contribution in [2.45, 2.75) is 31.7 Å². The third-order valence-electron chi connectivity index (χ3n) is 7.18. The lowest BCUT2D eigenvalue weighted by molar-refractivity contribution is -0.141. The van der Waals surface area contributed by atoms with Crippen LogP contribution in [0.2, 0.25) is 5.02 Å². The lowest BCUT2D eigenvalue weighted by atomic mass is 9.87. The molecule has 0 saturated heterocycles. The monoisotopic (exact) mass is 545 g/mol. The third kappa shape index (κ3) is 6.73. The lowest BCUT2D eigenvalue weighted by Gasteiger charge is -2.38. The fraction of sp³-hybridized carbons (Fsp3) is 0.290. The molecule has 2 unspecified atom stereocenters. The molecule has 2 atom stereocenters. The summed E-state index contributed by atoms with van der Waals surface area (Å²) in [5.41, 5.74) is 3.03. The molecule has 3 aromatic carbocycles. The molecular weight excluding hydrogens is 514 g/mol. The summed E-state index contributed by atoms with van der Waals surface area (Å²) >= 11 is 6.20. The van der Waals surface area contributed by atoms with Crippen LogP contribution in [0.5, 0.6) is 0 Å². The Labute approximate surface area is 233 Å². The fourth-order valence-electron chi connectivity index (χ4n) is 5.16. The molecule has 1 aliphatic rings. The molecule has 202 valence electrons. The Hall–Kier alpha value is -3.97. The van der Waals surface area contributed by atoms with Crippen LogP contribution < -0.4 is 0 Å². The minimum absolute atomic E-state index is 0.0126. The first-order valence-corrected chi connectivity index (χ1v) is 13.3. The zero-order valence-corrected chi connectivity index (χ0v) is 22.8. The van der Waals surface area contributed by atoms with E-state index in [1.165, 1.54) is 4.90 Å². The Balaban J connectivity index is 1.46. The summed E-state index contributed by atoms with van der Waals surface area (Å²) in [6.45, 7) is 2.21. The maximum absolute atomic E-state index is 13.3. The van der Waals surface area contributed by atoms with Crippen molar-refractivity contribution in [2.75, 3.05) is 20.1 Å². The molecular formula is C31H32ClN3O4. The molecule has 0 spiro atoms. The average molecular weight is 546 g/mol. The Morgan fingerprint density at radius 3 is 2.18 bits per heavy atom. The number of carbonyl (C=O) groups is 3. The van der Waals surface area contributed by atoms with E-state index in [0.29, 0.717) is 30.0 Å². The molecule has 8 heteroatoms. The first kappa shape index (κ1) is 28.0. The van der Waals surface area contributed by atoms with Crippen molar-refractivity contribution in [1.29, 1.82) is 0 Å². The van der Waals surface area contributed by atoms with Gasteiger partial charge in [-0.3, -0.25) is 9.59 Å². The summed E-state index contributed by atoms with van der Waals surface area (Å²) in [5, 5.41) is 10.4. The largest absolute Gasteiger partial charge is 0.481 e. The number of rotatable bonds is 10. The predicted octanol–water partition coefficient (Wildman–Crippen LogP) is 6.05. The van der Waals surface area contributed by atoms with E-state index >= 15 is 0 Å². The number of aliphatic carboxylic acids is 1. The molecule has 1 aliphatic heterocycles. The van der Waals surface area contributed by atoms with Crippen LogP contribution in [0.25, 0.3) is 0 Å². The smallest absolute Gasteiger partial charge is 0.344 e. The minimum atomic E-state index is -1.06. The van der Waals surface area contributed by atoms with Crippen LogP contribution in [0.1, 0.15) is 48.4 Å². The predicted molar refractivity (Wildman–Crippen MR) is 152 cm³/mol. The number of carboxylic acid groups (broad SMARTS) is 1. The Morgan fingerprint density at radius 2 is 1.62 bits per heavy atom. The van der Waals surface area contributed by atoms with Gasteiger partial charge in [-0.25, -0.2) is 9.79 Å². The quantitative estimate of drug-likeness (QED) is 0.336. The molecule has 1 N–H and O–H groups in total. The van der Waals surface area contributed by atoms with Crippen LogP contribution in [0.4, 0.5) is 4.79 Å². The molecule has 4 rings (SSSR count). The SMILES string of the molecule is CC1=NC(=O)N(CCCN(C)C(=O)CC(c2ccccc2)c2ccccc2)C(c2cccc(Cl)c2)C1C(=O)O. The fourth-order valence-corrected chi connectivity index (χ4v) is 5.35. The number of carboxylic acids is 1. The highest BCUT2D eigenvalue weighted by atomic mass is 35.5. The number of benzene rings is 3. The van der Waals surface area contributed by atoms with Gasteiger partial charge in [-0.05, 0) is 42.2 Å². The van der Waals surface area contributed by atoms with E-state index in [9.17, 15) is 19.5 Å². The van der Waals surface area contributed by atoms with Crippen molar-refractivity contribution in [2.24, 2.45) is 10.9 Å². The average Bonchev–Trinajstić information content (AvgIpc) is 2.93. The van der Waals surface area contributed by atoms with Gasteiger partial charge in [-0.2, -0.15) is 0 Å². The van der Waals surface area contributed by atoms with Gasteiger partial charge in [0.1, 0.15) is 5.92 Å².